The second-order valence-electron chi connectivity index (χ2n) is 4.14. The van der Waals surface area contributed by atoms with Gasteiger partial charge < -0.3 is 10.1 Å². The third-order valence-corrected chi connectivity index (χ3v) is 2.80. The molecule has 0 radical (unpaired) electrons. The molecule has 1 aliphatic heterocycles. The SMILES string of the molecule is CNCC1COCCN1Cc1cn(C)nn1. The summed E-state index contributed by atoms with van der Waals surface area (Å²) in [5.41, 5.74) is 1.02. The Labute approximate surface area is 95.6 Å². The highest BCUT2D eigenvalue weighted by Gasteiger charge is 2.22. The van der Waals surface area contributed by atoms with E-state index in [0.29, 0.717) is 6.04 Å². The fourth-order valence-electron chi connectivity index (χ4n) is 2.00. The van der Waals surface area contributed by atoms with E-state index in [-0.39, 0.29) is 0 Å². The molecule has 1 aliphatic rings. The van der Waals surface area contributed by atoms with Crippen LogP contribution in [0.15, 0.2) is 6.20 Å². The highest BCUT2D eigenvalue weighted by molar-refractivity contribution is 4.93. The summed E-state index contributed by atoms with van der Waals surface area (Å²) >= 11 is 0. The first-order valence-electron chi connectivity index (χ1n) is 5.61. The molecule has 0 aliphatic carbocycles. The highest BCUT2D eigenvalue weighted by Crippen LogP contribution is 2.09. The van der Waals surface area contributed by atoms with E-state index in [1.54, 1.807) is 4.68 Å². The summed E-state index contributed by atoms with van der Waals surface area (Å²) in [6.07, 6.45) is 1.96. The van der Waals surface area contributed by atoms with Gasteiger partial charge in [0.15, 0.2) is 0 Å². The maximum absolute atomic E-state index is 5.48. The molecule has 1 unspecified atom stereocenters. The van der Waals surface area contributed by atoms with Gasteiger partial charge in [-0.1, -0.05) is 5.21 Å². The van der Waals surface area contributed by atoms with Crippen molar-refractivity contribution in [3.63, 3.8) is 0 Å². The first-order chi connectivity index (χ1) is 7.79. The van der Waals surface area contributed by atoms with Crippen LogP contribution in [0.1, 0.15) is 5.69 Å². The van der Waals surface area contributed by atoms with Gasteiger partial charge in [0, 0.05) is 38.9 Å². The molecular formula is C10H19N5O. The number of aryl methyl sites for hydroxylation is 1. The smallest absolute Gasteiger partial charge is 0.0967 e. The quantitative estimate of drug-likeness (QED) is 0.729. The minimum atomic E-state index is 0.431. The lowest BCUT2D eigenvalue weighted by Crippen LogP contribution is -2.49. The van der Waals surface area contributed by atoms with E-state index in [2.05, 4.69) is 20.5 Å². The number of hydrogen-bond acceptors (Lipinski definition) is 5. The van der Waals surface area contributed by atoms with Gasteiger partial charge in [0.25, 0.3) is 0 Å². The lowest BCUT2D eigenvalue weighted by molar-refractivity contribution is -0.0108. The monoisotopic (exact) mass is 225 g/mol. The summed E-state index contributed by atoms with van der Waals surface area (Å²) in [6, 6.07) is 0.431. The number of aromatic nitrogens is 3. The van der Waals surface area contributed by atoms with Gasteiger partial charge in [-0.2, -0.15) is 0 Å². The normalized spacial score (nSPS) is 22.5. The van der Waals surface area contributed by atoms with Gasteiger partial charge in [0.2, 0.25) is 0 Å². The molecule has 2 rings (SSSR count). The van der Waals surface area contributed by atoms with Crippen LogP contribution in [0.3, 0.4) is 0 Å². The van der Waals surface area contributed by atoms with E-state index < -0.39 is 0 Å². The van der Waals surface area contributed by atoms with Crippen LogP contribution in [0.5, 0.6) is 0 Å². The topological polar surface area (TPSA) is 55.2 Å². The fourth-order valence-corrected chi connectivity index (χ4v) is 2.00. The third-order valence-electron chi connectivity index (χ3n) is 2.80. The number of likely N-dealkylation sites (N-methyl/N-ethyl adjacent to an activating group) is 1. The molecule has 90 valence electrons. The van der Waals surface area contributed by atoms with Crippen LogP contribution in [0.4, 0.5) is 0 Å². The van der Waals surface area contributed by atoms with E-state index in [1.807, 2.05) is 20.3 Å². The van der Waals surface area contributed by atoms with E-state index in [4.69, 9.17) is 4.74 Å². The summed E-state index contributed by atoms with van der Waals surface area (Å²) in [7, 11) is 3.86. The molecule has 1 N–H and O–H groups in total. The Morgan fingerprint density at radius 3 is 3.19 bits per heavy atom. The van der Waals surface area contributed by atoms with Crippen molar-refractivity contribution in [3.8, 4) is 0 Å². The van der Waals surface area contributed by atoms with Crippen molar-refractivity contribution in [2.45, 2.75) is 12.6 Å². The summed E-state index contributed by atoms with van der Waals surface area (Å²) in [5, 5.41) is 11.3. The standard InChI is InChI=1S/C10H19N5O/c1-11-5-10-8-16-4-3-15(10)7-9-6-14(2)13-12-9/h6,10-11H,3-5,7-8H2,1-2H3. The Balaban J connectivity index is 1.95. The van der Waals surface area contributed by atoms with Crippen LogP contribution in [0.25, 0.3) is 0 Å². The Bertz CT molecular complexity index is 325. The van der Waals surface area contributed by atoms with Crippen molar-refractivity contribution >= 4 is 0 Å². The molecule has 1 aromatic rings. The van der Waals surface area contributed by atoms with Crippen LogP contribution in [-0.4, -0.2) is 59.3 Å². The summed E-state index contributed by atoms with van der Waals surface area (Å²) in [4.78, 5) is 2.39. The van der Waals surface area contributed by atoms with Gasteiger partial charge in [0.1, 0.15) is 0 Å². The minimum absolute atomic E-state index is 0.431. The molecule has 1 fully saturated rings. The molecule has 1 aromatic heterocycles. The maximum atomic E-state index is 5.48. The lowest BCUT2D eigenvalue weighted by atomic mass is 10.2. The van der Waals surface area contributed by atoms with Crippen molar-refractivity contribution in [2.24, 2.45) is 7.05 Å². The van der Waals surface area contributed by atoms with Gasteiger partial charge in [-0.15, -0.1) is 5.10 Å². The van der Waals surface area contributed by atoms with E-state index >= 15 is 0 Å². The van der Waals surface area contributed by atoms with Crippen molar-refractivity contribution < 1.29 is 4.74 Å². The highest BCUT2D eigenvalue weighted by atomic mass is 16.5. The van der Waals surface area contributed by atoms with Crippen molar-refractivity contribution in [1.29, 1.82) is 0 Å². The molecule has 0 amide bonds. The molecular weight excluding hydrogens is 206 g/mol. The molecule has 1 atom stereocenters. The predicted octanol–water partition coefficient (Wildman–Crippen LogP) is -0.765. The Morgan fingerprint density at radius 2 is 2.50 bits per heavy atom. The number of ether oxygens (including phenoxy) is 1. The largest absolute Gasteiger partial charge is 0.378 e. The summed E-state index contributed by atoms with van der Waals surface area (Å²) < 4.78 is 7.22. The number of nitrogens with zero attached hydrogens (tertiary/aromatic N) is 4. The molecule has 2 heterocycles. The molecule has 6 nitrogen and oxygen atoms in total. The lowest BCUT2D eigenvalue weighted by Gasteiger charge is -2.34. The number of morpholine rings is 1. The van der Waals surface area contributed by atoms with E-state index in [9.17, 15) is 0 Å². The van der Waals surface area contributed by atoms with Gasteiger partial charge in [-0.05, 0) is 7.05 Å². The Kier molecular flexibility index (Phi) is 3.87. The zero-order valence-electron chi connectivity index (χ0n) is 9.89. The second kappa shape index (κ2) is 5.38. The van der Waals surface area contributed by atoms with Gasteiger partial charge in [-0.25, -0.2) is 0 Å². The maximum Gasteiger partial charge on any atom is 0.0967 e. The van der Waals surface area contributed by atoms with Crippen LogP contribution >= 0.6 is 0 Å². The number of hydrogen-bond donors (Lipinski definition) is 1. The van der Waals surface area contributed by atoms with Crippen molar-refractivity contribution in [2.75, 3.05) is 33.4 Å². The predicted molar refractivity (Wildman–Crippen MR) is 59.9 cm³/mol. The van der Waals surface area contributed by atoms with E-state index in [0.717, 1.165) is 38.5 Å². The summed E-state index contributed by atoms with van der Waals surface area (Å²) in [6.45, 7) is 4.36. The Morgan fingerprint density at radius 1 is 1.62 bits per heavy atom. The zero-order chi connectivity index (χ0) is 11.4. The van der Waals surface area contributed by atoms with Crippen LogP contribution in [0.2, 0.25) is 0 Å². The molecule has 6 heteroatoms. The molecule has 0 spiro atoms. The number of rotatable bonds is 4. The third kappa shape index (κ3) is 2.78. The molecule has 0 aromatic carbocycles. The van der Waals surface area contributed by atoms with Crippen molar-refractivity contribution in [1.82, 2.24) is 25.2 Å². The molecule has 0 saturated carbocycles. The first kappa shape index (κ1) is 11.5. The van der Waals surface area contributed by atoms with Crippen molar-refractivity contribution in [3.05, 3.63) is 11.9 Å². The number of nitrogens with one attached hydrogen (secondary N) is 1. The molecule has 0 bridgehead atoms. The first-order valence-corrected chi connectivity index (χ1v) is 5.61. The van der Waals surface area contributed by atoms with Gasteiger partial charge in [-0.3, -0.25) is 9.58 Å². The summed E-state index contributed by atoms with van der Waals surface area (Å²) in [5.74, 6) is 0. The van der Waals surface area contributed by atoms with Crippen LogP contribution < -0.4 is 5.32 Å². The van der Waals surface area contributed by atoms with Crippen LogP contribution in [0, 0.1) is 0 Å². The van der Waals surface area contributed by atoms with Crippen LogP contribution in [-0.2, 0) is 18.3 Å². The molecule has 16 heavy (non-hydrogen) atoms. The zero-order valence-corrected chi connectivity index (χ0v) is 9.89. The van der Waals surface area contributed by atoms with E-state index in [1.165, 1.54) is 0 Å². The van der Waals surface area contributed by atoms with Gasteiger partial charge in [0.05, 0.1) is 18.9 Å². The average Bonchev–Trinajstić information content (AvgIpc) is 2.67. The fraction of sp³-hybridized carbons (Fsp3) is 0.800. The average molecular weight is 225 g/mol. The second-order valence-corrected chi connectivity index (χ2v) is 4.14. The minimum Gasteiger partial charge on any atom is -0.378 e. The van der Waals surface area contributed by atoms with Gasteiger partial charge >= 0.3 is 0 Å². The molecule has 1 saturated heterocycles. The Hall–Kier alpha value is -0.980.